The third-order valence-corrected chi connectivity index (χ3v) is 5.84. The first kappa shape index (κ1) is 19.4. The topological polar surface area (TPSA) is 82.6 Å². The molecule has 2 aromatic rings. The largest absolute Gasteiger partial charge is 0.339 e. The SMILES string of the molecule is O=C(CNS(=O)(=O)c1ccc(F)cc1)N1CCN(Cc2ccncc2)CC1. The minimum atomic E-state index is -3.84. The molecule has 3 rings (SSSR count). The highest BCUT2D eigenvalue weighted by atomic mass is 32.2. The number of sulfonamides is 1. The van der Waals surface area contributed by atoms with Crippen molar-refractivity contribution in [3.63, 3.8) is 0 Å². The zero-order valence-corrected chi connectivity index (χ0v) is 15.5. The molecule has 0 aliphatic carbocycles. The van der Waals surface area contributed by atoms with Gasteiger partial charge in [-0.3, -0.25) is 14.7 Å². The van der Waals surface area contributed by atoms with E-state index in [0.29, 0.717) is 13.1 Å². The molecule has 1 saturated heterocycles. The van der Waals surface area contributed by atoms with Crippen LogP contribution in [-0.2, 0) is 21.4 Å². The molecule has 1 aliphatic heterocycles. The quantitative estimate of drug-likeness (QED) is 0.788. The van der Waals surface area contributed by atoms with Gasteiger partial charge in [-0.1, -0.05) is 0 Å². The molecule has 0 bridgehead atoms. The summed E-state index contributed by atoms with van der Waals surface area (Å²) in [6.07, 6.45) is 3.50. The molecule has 0 radical (unpaired) electrons. The maximum atomic E-state index is 12.9. The van der Waals surface area contributed by atoms with Crippen LogP contribution in [0.25, 0.3) is 0 Å². The molecule has 1 N–H and O–H groups in total. The number of amides is 1. The van der Waals surface area contributed by atoms with Gasteiger partial charge in [-0.25, -0.2) is 17.5 Å². The van der Waals surface area contributed by atoms with Gasteiger partial charge in [0.2, 0.25) is 15.9 Å². The molecule has 7 nitrogen and oxygen atoms in total. The van der Waals surface area contributed by atoms with Gasteiger partial charge < -0.3 is 4.90 Å². The molecule has 0 spiro atoms. The van der Waals surface area contributed by atoms with Crippen LogP contribution >= 0.6 is 0 Å². The molecule has 1 fully saturated rings. The second-order valence-electron chi connectivity index (χ2n) is 6.29. The normalized spacial score (nSPS) is 15.7. The summed E-state index contributed by atoms with van der Waals surface area (Å²) in [5, 5.41) is 0. The third-order valence-electron chi connectivity index (χ3n) is 4.42. The zero-order chi connectivity index (χ0) is 19.3. The lowest BCUT2D eigenvalue weighted by molar-refractivity contribution is -0.131. The number of aromatic nitrogens is 1. The summed E-state index contributed by atoms with van der Waals surface area (Å²) in [6.45, 7) is 3.01. The Morgan fingerprint density at radius 3 is 2.30 bits per heavy atom. The predicted molar refractivity (Wildman–Crippen MR) is 97.7 cm³/mol. The Kier molecular flexibility index (Phi) is 6.15. The number of carbonyl (C=O) groups is 1. The number of rotatable bonds is 6. The van der Waals surface area contributed by atoms with Crippen molar-refractivity contribution in [1.29, 1.82) is 0 Å². The Morgan fingerprint density at radius 2 is 1.67 bits per heavy atom. The summed E-state index contributed by atoms with van der Waals surface area (Å²) >= 11 is 0. The number of nitrogens with one attached hydrogen (secondary N) is 1. The Balaban J connectivity index is 1.47. The fourth-order valence-electron chi connectivity index (χ4n) is 2.87. The van der Waals surface area contributed by atoms with E-state index in [4.69, 9.17) is 0 Å². The maximum absolute atomic E-state index is 12.9. The predicted octanol–water partition coefficient (Wildman–Crippen LogP) is 0.843. The third kappa shape index (κ3) is 5.31. The molecule has 1 aromatic carbocycles. The van der Waals surface area contributed by atoms with Crippen molar-refractivity contribution >= 4 is 15.9 Å². The van der Waals surface area contributed by atoms with Crippen molar-refractivity contribution in [2.75, 3.05) is 32.7 Å². The summed E-state index contributed by atoms with van der Waals surface area (Å²) in [7, 11) is -3.84. The molecule has 1 aromatic heterocycles. The van der Waals surface area contributed by atoms with Crippen molar-refractivity contribution in [2.24, 2.45) is 0 Å². The van der Waals surface area contributed by atoms with Crippen LogP contribution in [0.4, 0.5) is 4.39 Å². The molecule has 27 heavy (non-hydrogen) atoms. The van der Waals surface area contributed by atoms with Crippen LogP contribution in [0.1, 0.15) is 5.56 Å². The molecule has 0 unspecified atom stereocenters. The van der Waals surface area contributed by atoms with Gasteiger partial charge in [-0.15, -0.1) is 0 Å². The summed E-state index contributed by atoms with van der Waals surface area (Å²) in [6, 6.07) is 8.39. The standard InChI is InChI=1S/C18H21FN4O3S/c19-16-1-3-17(4-2-16)27(25,26)21-13-18(24)23-11-9-22(10-12-23)14-15-5-7-20-8-6-15/h1-8,21H,9-14H2. The van der Waals surface area contributed by atoms with Crippen LogP contribution < -0.4 is 4.72 Å². The summed E-state index contributed by atoms with van der Waals surface area (Å²) in [5.74, 6) is -0.793. The van der Waals surface area contributed by atoms with Crippen molar-refractivity contribution < 1.29 is 17.6 Å². The van der Waals surface area contributed by atoms with Crippen LogP contribution in [0.15, 0.2) is 53.7 Å². The highest BCUT2D eigenvalue weighted by molar-refractivity contribution is 7.89. The van der Waals surface area contributed by atoms with E-state index in [9.17, 15) is 17.6 Å². The van der Waals surface area contributed by atoms with E-state index < -0.39 is 15.8 Å². The molecule has 0 saturated carbocycles. The van der Waals surface area contributed by atoms with Gasteiger partial charge in [0.25, 0.3) is 0 Å². The lowest BCUT2D eigenvalue weighted by Gasteiger charge is -2.34. The molecule has 2 heterocycles. The maximum Gasteiger partial charge on any atom is 0.241 e. The number of piperazine rings is 1. The van der Waals surface area contributed by atoms with E-state index in [-0.39, 0.29) is 17.3 Å². The first-order valence-corrected chi connectivity index (χ1v) is 10.1. The number of hydrogen-bond donors (Lipinski definition) is 1. The average Bonchev–Trinajstić information content (AvgIpc) is 2.68. The molecule has 1 aliphatic rings. The first-order valence-electron chi connectivity index (χ1n) is 8.58. The highest BCUT2D eigenvalue weighted by Gasteiger charge is 2.23. The Hall–Kier alpha value is -2.36. The van der Waals surface area contributed by atoms with Crippen molar-refractivity contribution in [2.45, 2.75) is 11.4 Å². The number of halogens is 1. The minimum Gasteiger partial charge on any atom is -0.339 e. The van der Waals surface area contributed by atoms with E-state index in [0.717, 1.165) is 37.3 Å². The van der Waals surface area contributed by atoms with E-state index in [1.165, 1.54) is 12.1 Å². The molecule has 1 amide bonds. The molecular weight excluding hydrogens is 371 g/mol. The van der Waals surface area contributed by atoms with Crippen LogP contribution in [0.2, 0.25) is 0 Å². The van der Waals surface area contributed by atoms with Crippen LogP contribution in [0, 0.1) is 5.82 Å². The second-order valence-corrected chi connectivity index (χ2v) is 8.06. The summed E-state index contributed by atoms with van der Waals surface area (Å²) in [5.41, 5.74) is 1.16. The van der Waals surface area contributed by atoms with E-state index in [2.05, 4.69) is 14.6 Å². The summed E-state index contributed by atoms with van der Waals surface area (Å²) < 4.78 is 39.5. The van der Waals surface area contributed by atoms with Gasteiger partial charge in [0.15, 0.2) is 0 Å². The van der Waals surface area contributed by atoms with Gasteiger partial charge in [-0.05, 0) is 42.0 Å². The van der Waals surface area contributed by atoms with E-state index in [1.54, 1.807) is 17.3 Å². The highest BCUT2D eigenvalue weighted by Crippen LogP contribution is 2.10. The van der Waals surface area contributed by atoms with E-state index >= 15 is 0 Å². The van der Waals surface area contributed by atoms with Crippen LogP contribution in [0.3, 0.4) is 0 Å². The van der Waals surface area contributed by atoms with Gasteiger partial charge in [-0.2, -0.15) is 0 Å². The lowest BCUT2D eigenvalue weighted by Crippen LogP contribution is -2.50. The number of carbonyl (C=O) groups excluding carboxylic acids is 1. The fourth-order valence-corrected chi connectivity index (χ4v) is 3.84. The van der Waals surface area contributed by atoms with Gasteiger partial charge in [0.1, 0.15) is 5.82 Å². The molecule has 0 atom stereocenters. The number of hydrogen-bond acceptors (Lipinski definition) is 5. The molecule has 9 heteroatoms. The Labute approximate surface area is 157 Å². The van der Waals surface area contributed by atoms with Crippen LogP contribution in [-0.4, -0.2) is 61.8 Å². The Bertz CT molecular complexity index is 867. The van der Waals surface area contributed by atoms with Crippen molar-refractivity contribution in [1.82, 2.24) is 19.5 Å². The monoisotopic (exact) mass is 392 g/mol. The van der Waals surface area contributed by atoms with Gasteiger partial charge >= 0.3 is 0 Å². The van der Waals surface area contributed by atoms with Gasteiger partial charge in [0.05, 0.1) is 11.4 Å². The second kappa shape index (κ2) is 8.55. The van der Waals surface area contributed by atoms with Crippen molar-refractivity contribution in [3.05, 3.63) is 60.2 Å². The summed E-state index contributed by atoms with van der Waals surface area (Å²) in [4.78, 5) is 20.1. The van der Waals surface area contributed by atoms with Gasteiger partial charge in [0, 0.05) is 45.1 Å². The molecule has 144 valence electrons. The van der Waals surface area contributed by atoms with Crippen LogP contribution in [0.5, 0.6) is 0 Å². The molecular formula is C18H21FN4O3S. The Morgan fingerprint density at radius 1 is 1.04 bits per heavy atom. The zero-order valence-electron chi connectivity index (χ0n) is 14.7. The average molecular weight is 392 g/mol. The first-order chi connectivity index (χ1) is 12.9. The number of benzene rings is 1. The lowest BCUT2D eigenvalue weighted by atomic mass is 10.2. The fraction of sp³-hybridized carbons (Fsp3) is 0.333. The van der Waals surface area contributed by atoms with E-state index in [1.807, 2.05) is 12.1 Å². The minimum absolute atomic E-state index is 0.0705. The number of nitrogens with zero attached hydrogens (tertiary/aromatic N) is 3. The smallest absolute Gasteiger partial charge is 0.241 e. The van der Waals surface area contributed by atoms with Crippen molar-refractivity contribution in [3.8, 4) is 0 Å². The number of pyridine rings is 1.